The second-order valence-electron chi connectivity index (χ2n) is 4.68. The van der Waals surface area contributed by atoms with Crippen LogP contribution in [0.3, 0.4) is 0 Å². The van der Waals surface area contributed by atoms with Gasteiger partial charge in [-0.25, -0.2) is 10.4 Å². The summed E-state index contributed by atoms with van der Waals surface area (Å²) < 4.78 is 0. The highest BCUT2D eigenvalue weighted by Crippen LogP contribution is 2.29. The third-order valence-electron chi connectivity index (χ3n) is 3.04. The van der Waals surface area contributed by atoms with Crippen molar-refractivity contribution in [3.05, 3.63) is 59.9 Å². The van der Waals surface area contributed by atoms with Crippen LogP contribution in [-0.4, -0.2) is 27.9 Å². The average Bonchev–Trinajstić information content (AvgIpc) is 2.97. The highest BCUT2D eigenvalue weighted by molar-refractivity contribution is 8.14. The summed E-state index contributed by atoms with van der Waals surface area (Å²) in [7, 11) is 0. The minimum atomic E-state index is -0.149. The van der Waals surface area contributed by atoms with E-state index in [9.17, 15) is 4.79 Å². The van der Waals surface area contributed by atoms with Gasteiger partial charge in [0, 0.05) is 24.4 Å². The molecule has 110 valence electrons. The third kappa shape index (κ3) is 3.79. The van der Waals surface area contributed by atoms with Crippen molar-refractivity contribution in [1.29, 1.82) is 0 Å². The van der Waals surface area contributed by atoms with Crippen molar-refractivity contribution in [2.75, 3.05) is 5.75 Å². The molecule has 0 fully saturated rings. The molecule has 0 unspecified atom stereocenters. The van der Waals surface area contributed by atoms with Gasteiger partial charge in [0.25, 0.3) is 0 Å². The minimum Gasteiger partial charge on any atom is -0.272 e. The van der Waals surface area contributed by atoms with Gasteiger partial charge in [0.1, 0.15) is 0 Å². The molecule has 0 saturated carbocycles. The summed E-state index contributed by atoms with van der Waals surface area (Å²) in [6.07, 6.45) is 5.73. The van der Waals surface area contributed by atoms with E-state index in [1.165, 1.54) is 17.3 Å². The van der Waals surface area contributed by atoms with E-state index in [1.807, 2.05) is 30.3 Å². The number of aromatic nitrogens is 1. The molecule has 22 heavy (non-hydrogen) atoms. The molecule has 0 saturated heterocycles. The van der Waals surface area contributed by atoms with Gasteiger partial charge in [-0.1, -0.05) is 24.3 Å². The Morgan fingerprint density at radius 3 is 3.05 bits per heavy atom. The van der Waals surface area contributed by atoms with Gasteiger partial charge in [-0.2, -0.15) is 5.10 Å². The van der Waals surface area contributed by atoms with Crippen molar-refractivity contribution >= 4 is 34.6 Å². The number of hydrogen-bond donors (Lipinski definition) is 1. The number of carbonyl (C=O) groups excluding carboxylic acids is 1. The first-order valence-electron chi connectivity index (χ1n) is 6.81. The number of benzene rings is 1. The zero-order valence-electron chi connectivity index (χ0n) is 11.8. The number of rotatable bonds is 4. The molecule has 1 amide bonds. The Hall–Kier alpha value is -2.47. The number of thioether (sulfide) groups is 1. The van der Waals surface area contributed by atoms with Gasteiger partial charge in [0.15, 0.2) is 0 Å². The lowest BCUT2D eigenvalue weighted by atomic mass is 10.2. The van der Waals surface area contributed by atoms with Crippen molar-refractivity contribution in [2.45, 2.75) is 6.42 Å². The summed E-state index contributed by atoms with van der Waals surface area (Å²) in [5.41, 5.74) is 5.55. The lowest BCUT2D eigenvalue weighted by molar-refractivity contribution is -0.118. The highest BCUT2D eigenvalue weighted by atomic mass is 32.2. The summed E-state index contributed by atoms with van der Waals surface area (Å²) in [6.45, 7) is 0. The van der Waals surface area contributed by atoms with Crippen LogP contribution in [0.5, 0.6) is 0 Å². The molecular weight excluding hydrogens is 296 g/mol. The molecule has 0 bridgehead atoms. The minimum absolute atomic E-state index is 0.149. The van der Waals surface area contributed by atoms with E-state index in [4.69, 9.17) is 0 Å². The molecule has 0 atom stereocenters. The van der Waals surface area contributed by atoms with E-state index in [-0.39, 0.29) is 5.91 Å². The molecule has 3 rings (SSSR count). The Bertz CT molecular complexity index is 728. The number of amides is 1. The molecule has 0 radical (unpaired) electrons. The van der Waals surface area contributed by atoms with Crippen LogP contribution >= 0.6 is 11.8 Å². The van der Waals surface area contributed by atoms with Gasteiger partial charge in [-0.15, -0.1) is 11.8 Å². The van der Waals surface area contributed by atoms with Crippen LogP contribution in [0.2, 0.25) is 0 Å². The van der Waals surface area contributed by atoms with Crippen LogP contribution in [0.1, 0.15) is 11.1 Å². The van der Waals surface area contributed by atoms with Gasteiger partial charge in [0.05, 0.1) is 22.7 Å². The van der Waals surface area contributed by atoms with E-state index >= 15 is 0 Å². The SMILES string of the molecule is O=C(CSC1=Nc2ccccc2C1)N/N=C/c1cccnc1. The maximum absolute atomic E-state index is 11.7. The van der Waals surface area contributed by atoms with Crippen LogP contribution in [0.4, 0.5) is 5.69 Å². The van der Waals surface area contributed by atoms with E-state index in [0.717, 1.165) is 22.7 Å². The van der Waals surface area contributed by atoms with Gasteiger partial charge < -0.3 is 0 Å². The Morgan fingerprint density at radius 1 is 1.32 bits per heavy atom. The second-order valence-corrected chi connectivity index (χ2v) is 5.73. The molecule has 2 heterocycles. The number of nitrogens with zero attached hydrogens (tertiary/aromatic N) is 3. The number of pyridine rings is 1. The summed E-state index contributed by atoms with van der Waals surface area (Å²) in [5, 5.41) is 4.87. The molecule has 2 aromatic rings. The standard InChI is InChI=1S/C16H14N4OS/c21-15(20-18-10-12-4-3-7-17-9-12)11-22-16-8-13-5-1-2-6-14(13)19-16/h1-7,9-10H,8,11H2,(H,20,21)/b18-10+. The van der Waals surface area contributed by atoms with Crippen molar-refractivity contribution in [2.24, 2.45) is 10.1 Å². The normalized spacial score (nSPS) is 13.0. The molecule has 1 aliphatic rings. The topological polar surface area (TPSA) is 66.7 Å². The zero-order valence-corrected chi connectivity index (χ0v) is 12.6. The fourth-order valence-corrected chi connectivity index (χ4v) is 2.78. The van der Waals surface area contributed by atoms with E-state index in [2.05, 4.69) is 26.6 Å². The number of para-hydroxylation sites is 1. The first kappa shape index (κ1) is 14.5. The van der Waals surface area contributed by atoms with Crippen molar-refractivity contribution in [1.82, 2.24) is 10.4 Å². The molecule has 1 aromatic carbocycles. The van der Waals surface area contributed by atoms with Crippen molar-refractivity contribution < 1.29 is 4.79 Å². The fourth-order valence-electron chi connectivity index (χ4n) is 2.00. The summed E-state index contributed by atoms with van der Waals surface area (Å²) >= 11 is 1.45. The molecule has 5 nitrogen and oxygen atoms in total. The third-order valence-corrected chi connectivity index (χ3v) is 4.01. The number of nitrogens with one attached hydrogen (secondary N) is 1. The second kappa shape index (κ2) is 7.00. The predicted molar refractivity (Wildman–Crippen MR) is 89.7 cm³/mol. The quantitative estimate of drug-likeness (QED) is 0.697. The molecule has 1 aliphatic heterocycles. The number of fused-ring (bicyclic) bond motifs is 1. The first-order valence-corrected chi connectivity index (χ1v) is 7.80. The summed E-state index contributed by atoms with van der Waals surface area (Å²) in [4.78, 5) is 20.2. The van der Waals surface area contributed by atoms with Crippen LogP contribution in [0.25, 0.3) is 0 Å². The first-order chi connectivity index (χ1) is 10.8. The monoisotopic (exact) mass is 310 g/mol. The molecule has 6 heteroatoms. The van der Waals surface area contributed by atoms with Crippen molar-refractivity contribution in [3.63, 3.8) is 0 Å². The number of hydrogen-bond acceptors (Lipinski definition) is 5. The van der Waals surface area contributed by atoms with E-state index in [0.29, 0.717) is 5.75 Å². The van der Waals surface area contributed by atoms with Gasteiger partial charge in [-0.05, 0) is 17.7 Å². The highest BCUT2D eigenvalue weighted by Gasteiger charge is 2.15. The summed E-state index contributed by atoms with van der Waals surface area (Å²) in [6, 6.07) is 11.7. The number of carbonyl (C=O) groups is 1. The lowest BCUT2D eigenvalue weighted by Crippen LogP contribution is -2.20. The van der Waals surface area contributed by atoms with Crippen LogP contribution in [0, 0.1) is 0 Å². The Kier molecular flexibility index (Phi) is 4.60. The maximum Gasteiger partial charge on any atom is 0.250 e. The molecule has 1 aromatic heterocycles. The van der Waals surface area contributed by atoms with Crippen LogP contribution in [0.15, 0.2) is 58.9 Å². The maximum atomic E-state index is 11.7. The molecule has 0 aliphatic carbocycles. The number of hydrazone groups is 1. The Labute approximate surface area is 132 Å². The summed E-state index contributed by atoms with van der Waals surface area (Å²) in [5.74, 6) is 0.154. The van der Waals surface area contributed by atoms with E-state index < -0.39 is 0 Å². The largest absolute Gasteiger partial charge is 0.272 e. The van der Waals surface area contributed by atoms with Crippen LogP contribution in [-0.2, 0) is 11.2 Å². The molecular formula is C16H14N4OS. The average molecular weight is 310 g/mol. The lowest BCUT2D eigenvalue weighted by Gasteiger charge is -2.00. The molecule has 0 spiro atoms. The predicted octanol–water partition coefficient (Wildman–Crippen LogP) is 2.55. The van der Waals surface area contributed by atoms with Crippen LogP contribution < -0.4 is 5.43 Å². The van der Waals surface area contributed by atoms with Gasteiger partial charge in [0.2, 0.25) is 5.91 Å². The smallest absolute Gasteiger partial charge is 0.250 e. The Morgan fingerprint density at radius 2 is 2.23 bits per heavy atom. The van der Waals surface area contributed by atoms with E-state index in [1.54, 1.807) is 18.6 Å². The fraction of sp³-hybridized carbons (Fsp3) is 0.125. The van der Waals surface area contributed by atoms with Gasteiger partial charge >= 0.3 is 0 Å². The Balaban J connectivity index is 1.45. The zero-order chi connectivity index (χ0) is 15.2. The van der Waals surface area contributed by atoms with Gasteiger partial charge in [-0.3, -0.25) is 9.78 Å². The number of aliphatic imine (C=N–C) groups is 1. The van der Waals surface area contributed by atoms with Crippen molar-refractivity contribution in [3.8, 4) is 0 Å². The molecule has 1 N–H and O–H groups in total.